The molecule has 0 radical (unpaired) electrons. The molecule has 2 unspecified atom stereocenters. The van der Waals surface area contributed by atoms with Crippen LogP contribution in [0.4, 0.5) is 0 Å². The standard InChI is InChI=1S/C12H25NO/c1-7-12(5,14-8-2)11(13-6)9-10(3)4/h11,13H,3,7-9H2,1-2,4-6H3. The van der Waals surface area contributed by atoms with Crippen LogP contribution in [0, 0.1) is 0 Å². The summed E-state index contributed by atoms with van der Waals surface area (Å²) in [6.07, 6.45) is 1.99. The van der Waals surface area contributed by atoms with E-state index >= 15 is 0 Å². The predicted octanol–water partition coefficient (Wildman–Crippen LogP) is 2.75. The number of ether oxygens (including phenoxy) is 1. The number of nitrogens with one attached hydrogen (secondary N) is 1. The van der Waals surface area contributed by atoms with Gasteiger partial charge in [-0.05, 0) is 40.7 Å². The lowest BCUT2D eigenvalue weighted by Gasteiger charge is -2.37. The molecule has 0 aromatic heterocycles. The van der Waals surface area contributed by atoms with Gasteiger partial charge in [0.25, 0.3) is 0 Å². The summed E-state index contributed by atoms with van der Waals surface area (Å²) >= 11 is 0. The summed E-state index contributed by atoms with van der Waals surface area (Å²) in [7, 11) is 1.99. The molecular formula is C12H25NO. The molecule has 2 nitrogen and oxygen atoms in total. The maximum Gasteiger partial charge on any atom is 0.0807 e. The van der Waals surface area contributed by atoms with Gasteiger partial charge in [0.1, 0.15) is 0 Å². The molecular weight excluding hydrogens is 174 g/mol. The van der Waals surface area contributed by atoms with E-state index in [-0.39, 0.29) is 5.60 Å². The molecule has 84 valence electrons. The number of hydrogen-bond donors (Lipinski definition) is 1. The maximum atomic E-state index is 5.83. The van der Waals surface area contributed by atoms with Gasteiger partial charge in [-0.3, -0.25) is 0 Å². The second kappa shape index (κ2) is 6.20. The SMILES string of the molecule is C=C(C)CC(NC)C(C)(CC)OCC. The Hall–Kier alpha value is -0.340. The molecule has 2 atom stereocenters. The summed E-state index contributed by atoms with van der Waals surface area (Å²) in [6, 6.07) is 0.352. The monoisotopic (exact) mass is 199 g/mol. The smallest absolute Gasteiger partial charge is 0.0807 e. The van der Waals surface area contributed by atoms with Gasteiger partial charge in [-0.15, -0.1) is 6.58 Å². The number of likely N-dealkylation sites (N-methyl/N-ethyl adjacent to an activating group) is 1. The first-order valence-corrected chi connectivity index (χ1v) is 5.45. The Bertz CT molecular complexity index is 179. The van der Waals surface area contributed by atoms with Crippen molar-refractivity contribution in [3.63, 3.8) is 0 Å². The van der Waals surface area contributed by atoms with Gasteiger partial charge in [0.05, 0.1) is 5.60 Å². The Kier molecular flexibility index (Phi) is 6.05. The van der Waals surface area contributed by atoms with Gasteiger partial charge in [-0.25, -0.2) is 0 Å². The van der Waals surface area contributed by atoms with Crippen molar-refractivity contribution in [2.75, 3.05) is 13.7 Å². The quantitative estimate of drug-likeness (QED) is 0.637. The molecule has 1 N–H and O–H groups in total. The van der Waals surface area contributed by atoms with E-state index in [2.05, 4.69) is 32.7 Å². The van der Waals surface area contributed by atoms with E-state index in [1.165, 1.54) is 5.57 Å². The average Bonchev–Trinajstić information content (AvgIpc) is 2.14. The van der Waals surface area contributed by atoms with Gasteiger partial charge >= 0.3 is 0 Å². The fraction of sp³-hybridized carbons (Fsp3) is 0.833. The first-order valence-electron chi connectivity index (χ1n) is 5.45. The molecule has 2 heteroatoms. The molecule has 0 aliphatic rings. The highest BCUT2D eigenvalue weighted by atomic mass is 16.5. The first-order chi connectivity index (χ1) is 6.50. The fourth-order valence-electron chi connectivity index (χ4n) is 1.75. The van der Waals surface area contributed by atoms with Crippen molar-refractivity contribution in [3.05, 3.63) is 12.2 Å². The van der Waals surface area contributed by atoms with E-state index in [0.29, 0.717) is 6.04 Å². The lowest BCUT2D eigenvalue weighted by atomic mass is 9.89. The van der Waals surface area contributed by atoms with Crippen molar-refractivity contribution < 1.29 is 4.74 Å². The lowest BCUT2D eigenvalue weighted by molar-refractivity contribution is -0.0533. The highest BCUT2D eigenvalue weighted by Crippen LogP contribution is 2.24. The molecule has 0 aliphatic carbocycles. The summed E-state index contributed by atoms with van der Waals surface area (Å²) in [4.78, 5) is 0. The summed E-state index contributed by atoms with van der Waals surface area (Å²) in [5.41, 5.74) is 1.12. The molecule has 0 aromatic carbocycles. The van der Waals surface area contributed by atoms with Crippen molar-refractivity contribution >= 4 is 0 Å². The molecule has 0 spiro atoms. The second-order valence-corrected chi connectivity index (χ2v) is 4.10. The lowest BCUT2D eigenvalue weighted by Crippen LogP contribution is -2.49. The predicted molar refractivity (Wildman–Crippen MR) is 62.6 cm³/mol. The Labute approximate surface area is 88.7 Å². The Morgan fingerprint density at radius 2 is 2.07 bits per heavy atom. The van der Waals surface area contributed by atoms with Crippen molar-refractivity contribution in [2.45, 2.75) is 52.2 Å². The van der Waals surface area contributed by atoms with Crippen LogP contribution in [0.1, 0.15) is 40.5 Å². The molecule has 0 fully saturated rings. The second-order valence-electron chi connectivity index (χ2n) is 4.10. The van der Waals surface area contributed by atoms with E-state index in [1.807, 2.05) is 14.0 Å². The van der Waals surface area contributed by atoms with Crippen LogP contribution in [0.15, 0.2) is 12.2 Å². The maximum absolute atomic E-state index is 5.83. The molecule has 14 heavy (non-hydrogen) atoms. The van der Waals surface area contributed by atoms with Crippen LogP contribution in [0.2, 0.25) is 0 Å². The molecule has 0 saturated carbocycles. The zero-order valence-electron chi connectivity index (χ0n) is 10.3. The molecule has 0 bridgehead atoms. The normalized spacial score (nSPS) is 17.5. The first kappa shape index (κ1) is 13.7. The largest absolute Gasteiger partial charge is 0.374 e. The van der Waals surface area contributed by atoms with Crippen LogP contribution >= 0.6 is 0 Å². The third kappa shape index (κ3) is 3.81. The Balaban J connectivity index is 4.49. The summed E-state index contributed by atoms with van der Waals surface area (Å²) in [6.45, 7) is 13.2. The minimum Gasteiger partial charge on any atom is -0.374 e. The number of hydrogen-bond acceptors (Lipinski definition) is 2. The van der Waals surface area contributed by atoms with Gasteiger partial charge in [0.2, 0.25) is 0 Å². The highest BCUT2D eigenvalue weighted by Gasteiger charge is 2.31. The molecule has 0 aromatic rings. The van der Waals surface area contributed by atoms with Crippen LogP contribution < -0.4 is 5.32 Å². The molecule has 0 heterocycles. The van der Waals surface area contributed by atoms with E-state index in [9.17, 15) is 0 Å². The fourth-order valence-corrected chi connectivity index (χ4v) is 1.75. The van der Waals surface area contributed by atoms with Gasteiger partial charge in [0.15, 0.2) is 0 Å². The molecule has 0 aliphatic heterocycles. The average molecular weight is 199 g/mol. The molecule has 0 rings (SSSR count). The Morgan fingerprint density at radius 3 is 2.36 bits per heavy atom. The topological polar surface area (TPSA) is 21.3 Å². The van der Waals surface area contributed by atoms with Gasteiger partial charge in [-0.1, -0.05) is 12.5 Å². The van der Waals surface area contributed by atoms with Gasteiger partial charge < -0.3 is 10.1 Å². The van der Waals surface area contributed by atoms with Gasteiger partial charge in [0, 0.05) is 12.6 Å². The minimum atomic E-state index is -0.0809. The zero-order chi connectivity index (χ0) is 11.2. The Morgan fingerprint density at radius 1 is 1.50 bits per heavy atom. The van der Waals surface area contributed by atoms with Crippen LogP contribution in [0.5, 0.6) is 0 Å². The van der Waals surface area contributed by atoms with Crippen molar-refractivity contribution in [3.8, 4) is 0 Å². The highest BCUT2D eigenvalue weighted by molar-refractivity contribution is 4.99. The third-order valence-corrected chi connectivity index (χ3v) is 2.81. The van der Waals surface area contributed by atoms with E-state index in [1.54, 1.807) is 0 Å². The summed E-state index contributed by atoms with van der Waals surface area (Å²) in [5, 5.41) is 3.32. The molecule has 0 saturated heterocycles. The van der Waals surface area contributed by atoms with Gasteiger partial charge in [-0.2, -0.15) is 0 Å². The van der Waals surface area contributed by atoms with Crippen molar-refractivity contribution in [1.29, 1.82) is 0 Å². The van der Waals surface area contributed by atoms with E-state index in [0.717, 1.165) is 19.4 Å². The van der Waals surface area contributed by atoms with Crippen LogP contribution in [0.25, 0.3) is 0 Å². The zero-order valence-corrected chi connectivity index (χ0v) is 10.3. The minimum absolute atomic E-state index is 0.0809. The molecule has 0 amide bonds. The van der Waals surface area contributed by atoms with Crippen LogP contribution in [0.3, 0.4) is 0 Å². The van der Waals surface area contributed by atoms with Crippen molar-refractivity contribution in [1.82, 2.24) is 5.32 Å². The summed E-state index contributed by atoms with van der Waals surface area (Å²) in [5.74, 6) is 0. The van der Waals surface area contributed by atoms with E-state index < -0.39 is 0 Å². The van der Waals surface area contributed by atoms with Crippen LogP contribution in [-0.4, -0.2) is 25.3 Å². The third-order valence-electron chi connectivity index (χ3n) is 2.81. The van der Waals surface area contributed by atoms with E-state index in [4.69, 9.17) is 4.74 Å². The summed E-state index contributed by atoms with van der Waals surface area (Å²) < 4.78 is 5.83. The number of rotatable bonds is 7. The van der Waals surface area contributed by atoms with Crippen LogP contribution in [-0.2, 0) is 4.74 Å². The van der Waals surface area contributed by atoms with Crippen molar-refractivity contribution in [2.24, 2.45) is 0 Å².